The van der Waals surface area contributed by atoms with Crippen molar-refractivity contribution in [2.45, 2.75) is 64.1 Å². The van der Waals surface area contributed by atoms with Crippen molar-refractivity contribution in [3.8, 4) is 5.75 Å². The fraction of sp³-hybridized carbons (Fsp3) is 0.517. The largest absolute Gasteiger partial charge is 0.485 e. The second-order valence-electron chi connectivity index (χ2n) is 9.63. The van der Waals surface area contributed by atoms with Gasteiger partial charge >= 0.3 is 0 Å². The predicted molar refractivity (Wildman–Crippen MR) is 142 cm³/mol. The number of benzene rings is 2. The third-order valence-electron chi connectivity index (χ3n) is 7.09. The van der Waals surface area contributed by atoms with Crippen molar-refractivity contribution < 1.29 is 19.1 Å². The van der Waals surface area contributed by atoms with E-state index in [4.69, 9.17) is 21.1 Å². The van der Waals surface area contributed by atoms with E-state index in [-0.39, 0.29) is 30.4 Å². The van der Waals surface area contributed by atoms with Gasteiger partial charge in [-0.2, -0.15) is 0 Å². The van der Waals surface area contributed by atoms with Crippen LogP contribution in [0, 0.1) is 0 Å². The van der Waals surface area contributed by atoms with Gasteiger partial charge in [0, 0.05) is 24.7 Å². The van der Waals surface area contributed by atoms with Crippen LogP contribution >= 0.6 is 11.6 Å². The lowest BCUT2D eigenvalue weighted by atomic mass is 10.1. The molecule has 2 heterocycles. The van der Waals surface area contributed by atoms with Gasteiger partial charge in [0.05, 0.1) is 25.1 Å². The zero-order valence-electron chi connectivity index (χ0n) is 21.2. The lowest BCUT2D eigenvalue weighted by molar-refractivity contribution is -0.130. The van der Waals surface area contributed by atoms with Crippen molar-refractivity contribution in [1.82, 2.24) is 9.80 Å². The van der Waals surface area contributed by atoms with Crippen molar-refractivity contribution in [2.24, 2.45) is 0 Å². The summed E-state index contributed by atoms with van der Waals surface area (Å²) in [6.45, 7) is 4.94. The minimum atomic E-state index is -0.350. The van der Waals surface area contributed by atoms with Crippen molar-refractivity contribution in [2.75, 3.05) is 32.8 Å². The number of rotatable bonds is 3. The van der Waals surface area contributed by atoms with Gasteiger partial charge in [0.1, 0.15) is 18.0 Å². The summed E-state index contributed by atoms with van der Waals surface area (Å²) in [5.41, 5.74) is 1.37. The van der Waals surface area contributed by atoms with Crippen LogP contribution in [0.15, 0.2) is 48.5 Å². The third-order valence-corrected chi connectivity index (χ3v) is 7.46. The number of carbonyl (C=O) groups excluding carboxylic acids is 2. The molecule has 0 bridgehead atoms. The number of hydrogen-bond donors (Lipinski definition) is 0. The Morgan fingerprint density at radius 1 is 0.944 bits per heavy atom. The van der Waals surface area contributed by atoms with Gasteiger partial charge in [-0.25, -0.2) is 0 Å². The predicted octanol–water partition coefficient (Wildman–Crippen LogP) is 5.37. The van der Waals surface area contributed by atoms with Crippen LogP contribution in [0.5, 0.6) is 5.75 Å². The van der Waals surface area contributed by atoms with Crippen LogP contribution in [0.25, 0.3) is 0 Å². The number of para-hydroxylation sites is 1. The van der Waals surface area contributed by atoms with Crippen molar-refractivity contribution in [3.05, 3.63) is 64.7 Å². The molecule has 4 rings (SSSR count). The highest BCUT2D eigenvalue weighted by Gasteiger charge is 2.38. The van der Waals surface area contributed by atoms with E-state index in [0.29, 0.717) is 42.6 Å². The Hall–Kier alpha value is -2.57. The molecule has 2 aliphatic heterocycles. The maximum Gasteiger partial charge on any atom is 0.257 e. The highest BCUT2D eigenvalue weighted by molar-refractivity contribution is 6.31. The lowest BCUT2D eigenvalue weighted by Gasteiger charge is -2.25. The number of nitrogens with zero attached hydrogens (tertiary/aromatic N) is 2. The summed E-state index contributed by atoms with van der Waals surface area (Å²) in [6.07, 6.45) is 6.21. The van der Waals surface area contributed by atoms with Gasteiger partial charge in [-0.3, -0.25) is 9.59 Å². The second-order valence-corrected chi connectivity index (χ2v) is 10.0. The summed E-state index contributed by atoms with van der Waals surface area (Å²) in [6, 6.07) is 14.9. The Labute approximate surface area is 219 Å². The summed E-state index contributed by atoms with van der Waals surface area (Å²) in [4.78, 5) is 30.3. The van der Waals surface area contributed by atoms with E-state index in [0.717, 1.165) is 37.8 Å². The van der Waals surface area contributed by atoms with Gasteiger partial charge in [-0.1, -0.05) is 67.6 Å². The van der Waals surface area contributed by atoms with Crippen LogP contribution in [0.4, 0.5) is 0 Å². The molecular formula is C29H37ClN2O4. The van der Waals surface area contributed by atoms with Gasteiger partial charge in [0.15, 0.2) is 0 Å². The fourth-order valence-electron chi connectivity index (χ4n) is 4.97. The molecular weight excluding hydrogens is 476 g/mol. The number of fused-ring (bicyclic) bond motifs is 2. The van der Waals surface area contributed by atoms with Gasteiger partial charge in [0.25, 0.3) is 5.91 Å². The normalized spacial score (nSPS) is 22.0. The Morgan fingerprint density at radius 3 is 2.44 bits per heavy atom. The molecule has 0 unspecified atom stereocenters. The first kappa shape index (κ1) is 26.5. The number of carbonyl (C=O) groups is 2. The summed E-state index contributed by atoms with van der Waals surface area (Å²) < 4.78 is 12.7. The molecule has 0 radical (unpaired) electrons. The molecule has 0 aromatic heterocycles. The molecule has 194 valence electrons. The SMILES string of the molecule is CCN1CCCCCCCCO[C@@H]2CN(C(=O)Cc3ccccc3Cl)C[C@H]2Oc2ccccc2C1=O. The van der Waals surface area contributed by atoms with Crippen molar-refractivity contribution in [1.29, 1.82) is 0 Å². The maximum atomic E-state index is 13.4. The van der Waals surface area contributed by atoms with E-state index in [1.807, 2.05) is 54.3 Å². The lowest BCUT2D eigenvalue weighted by Crippen LogP contribution is -2.35. The maximum absolute atomic E-state index is 13.4. The molecule has 36 heavy (non-hydrogen) atoms. The van der Waals surface area contributed by atoms with Gasteiger partial charge < -0.3 is 19.3 Å². The molecule has 2 amide bonds. The highest BCUT2D eigenvalue weighted by Crippen LogP contribution is 2.27. The minimum Gasteiger partial charge on any atom is -0.485 e. The third kappa shape index (κ3) is 6.80. The minimum absolute atomic E-state index is 0.00443. The number of ether oxygens (including phenoxy) is 2. The Morgan fingerprint density at radius 2 is 1.64 bits per heavy atom. The average Bonchev–Trinajstić information content (AvgIpc) is 3.28. The van der Waals surface area contributed by atoms with E-state index in [9.17, 15) is 9.59 Å². The quantitative estimate of drug-likeness (QED) is 0.554. The molecule has 0 saturated carbocycles. The number of halogens is 1. The van der Waals surface area contributed by atoms with Crippen LogP contribution in [0.1, 0.15) is 61.4 Å². The number of hydrogen-bond acceptors (Lipinski definition) is 4. The summed E-state index contributed by atoms with van der Waals surface area (Å²) >= 11 is 6.29. The molecule has 2 aromatic carbocycles. The zero-order valence-corrected chi connectivity index (χ0v) is 21.9. The molecule has 7 heteroatoms. The van der Waals surface area contributed by atoms with Gasteiger partial charge in [-0.05, 0) is 43.5 Å². The first-order valence-corrected chi connectivity index (χ1v) is 13.6. The first-order valence-electron chi connectivity index (χ1n) is 13.2. The number of amides is 2. The van der Waals surface area contributed by atoms with Crippen molar-refractivity contribution in [3.63, 3.8) is 0 Å². The molecule has 0 spiro atoms. The standard InChI is InChI=1S/C29H37ClN2O4/c1-2-31-17-11-5-3-4-6-12-18-35-26-20-32(28(33)19-22-13-7-9-15-24(22)30)21-27(26)36-25-16-10-8-14-23(25)29(31)34/h7-10,13-16,26-27H,2-6,11-12,17-21H2,1H3/t26-,27-/m1/s1. The van der Waals surface area contributed by atoms with Crippen LogP contribution in [-0.2, 0) is 16.0 Å². The topological polar surface area (TPSA) is 59.1 Å². The summed E-state index contributed by atoms with van der Waals surface area (Å²) in [7, 11) is 0. The summed E-state index contributed by atoms with van der Waals surface area (Å²) in [5, 5.41) is 0.593. The van der Waals surface area contributed by atoms with Crippen molar-refractivity contribution >= 4 is 23.4 Å². The molecule has 2 aliphatic rings. The smallest absolute Gasteiger partial charge is 0.257 e. The molecule has 0 N–H and O–H groups in total. The average molecular weight is 513 g/mol. The fourth-order valence-corrected chi connectivity index (χ4v) is 5.17. The molecule has 2 aromatic rings. The van der Waals surface area contributed by atoms with E-state index >= 15 is 0 Å². The Balaban J connectivity index is 1.53. The second kappa shape index (κ2) is 13.1. The van der Waals surface area contributed by atoms with Crippen LogP contribution < -0.4 is 4.74 Å². The highest BCUT2D eigenvalue weighted by atomic mass is 35.5. The molecule has 6 nitrogen and oxygen atoms in total. The van der Waals surface area contributed by atoms with Crippen LogP contribution in [0.2, 0.25) is 5.02 Å². The van der Waals surface area contributed by atoms with E-state index < -0.39 is 0 Å². The van der Waals surface area contributed by atoms with Gasteiger partial charge in [0.2, 0.25) is 5.91 Å². The molecule has 1 fully saturated rings. The van der Waals surface area contributed by atoms with Gasteiger partial charge in [-0.15, -0.1) is 0 Å². The molecule has 0 aliphatic carbocycles. The van der Waals surface area contributed by atoms with Crippen LogP contribution in [0.3, 0.4) is 0 Å². The molecule has 2 atom stereocenters. The van der Waals surface area contributed by atoms with E-state index in [2.05, 4.69) is 0 Å². The summed E-state index contributed by atoms with van der Waals surface area (Å²) in [5.74, 6) is 0.532. The first-order chi connectivity index (χ1) is 17.6. The van der Waals surface area contributed by atoms with Crippen LogP contribution in [-0.4, -0.2) is 66.6 Å². The van der Waals surface area contributed by atoms with E-state index in [1.165, 1.54) is 12.8 Å². The molecule has 1 saturated heterocycles. The number of likely N-dealkylation sites (tertiary alicyclic amines) is 1. The van der Waals surface area contributed by atoms with E-state index in [1.54, 1.807) is 11.0 Å². The zero-order chi connectivity index (χ0) is 25.3. The Kier molecular flexibility index (Phi) is 9.65. The Bertz CT molecular complexity index is 1030. The monoisotopic (exact) mass is 512 g/mol.